The smallest absolute Gasteiger partial charge is 0.180 e. The third-order valence-corrected chi connectivity index (χ3v) is 6.71. The van der Waals surface area contributed by atoms with Gasteiger partial charge in [0, 0.05) is 18.7 Å². The number of fused-ring (bicyclic) bond motifs is 4. The number of allylic oxidation sites excluding steroid dienone is 2. The molecule has 2 aliphatic rings. The average molecular weight is 422 g/mol. The second-order valence-electron chi connectivity index (χ2n) is 8.77. The highest BCUT2D eigenvalue weighted by atomic mass is 35.5. The Morgan fingerprint density at radius 1 is 0.931 bits per heavy atom. The molecule has 0 unspecified atom stereocenters. The normalized spacial score (nSPS) is 18.1. The van der Waals surface area contributed by atoms with Crippen LogP contribution in [0.3, 0.4) is 0 Å². The minimum absolute atomic E-state index is 0.0647. The van der Waals surface area contributed by atoms with Crippen molar-refractivity contribution in [1.29, 1.82) is 0 Å². The second-order valence-corrected chi connectivity index (χ2v) is 9.59. The van der Waals surface area contributed by atoms with E-state index in [2.05, 4.69) is 55.1 Å². The summed E-state index contributed by atoms with van der Waals surface area (Å²) in [5, 5.41) is 3.44. The predicted octanol–water partition coefficient (Wildman–Crippen LogP) is 7.27. The van der Waals surface area contributed by atoms with Gasteiger partial charge in [0.05, 0.1) is 15.7 Å². The van der Waals surface area contributed by atoms with Gasteiger partial charge in [-0.05, 0) is 57.5 Å². The van der Waals surface area contributed by atoms with Crippen LogP contribution in [0.2, 0.25) is 10.0 Å². The monoisotopic (exact) mass is 421 g/mol. The zero-order chi connectivity index (χ0) is 20.3. The Morgan fingerprint density at radius 2 is 1.72 bits per heavy atom. The van der Waals surface area contributed by atoms with Gasteiger partial charge in [-0.15, -0.1) is 0 Å². The molecule has 1 aliphatic carbocycles. The van der Waals surface area contributed by atoms with Crippen molar-refractivity contribution in [2.24, 2.45) is 5.41 Å². The van der Waals surface area contributed by atoms with Gasteiger partial charge in [0.15, 0.2) is 5.78 Å². The van der Waals surface area contributed by atoms with Crippen LogP contribution < -0.4 is 4.90 Å². The number of nitrogens with zero attached hydrogens (tertiary/aromatic N) is 1. The largest absolute Gasteiger partial charge is 0.334 e. The standard InChI is InChI=1S/C25H21Cl2NO/c1-25(2)12-19-23-16(8-7-15-5-3-4-6-18(15)23)14-28(24(19)22(29)13-25)17-9-10-20(26)21(27)11-17/h3-11H,12-14H2,1-2H3. The van der Waals surface area contributed by atoms with E-state index in [9.17, 15) is 4.79 Å². The van der Waals surface area contributed by atoms with Gasteiger partial charge in [-0.3, -0.25) is 4.79 Å². The van der Waals surface area contributed by atoms with Gasteiger partial charge in [0.1, 0.15) is 0 Å². The van der Waals surface area contributed by atoms with Crippen molar-refractivity contribution in [1.82, 2.24) is 0 Å². The highest BCUT2D eigenvalue weighted by molar-refractivity contribution is 6.42. The first-order chi connectivity index (χ1) is 13.8. The summed E-state index contributed by atoms with van der Waals surface area (Å²) in [6, 6.07) is 18.4. The second kappa shape index (κ2) is 6.62. The summed E-state index contributed by atoms with van der Waals surface area (Å²) < 4.78 is 0. The molecule has 0 N–H and O–H groups in total. The van der Waals surface area contributed by atoms with Crippen molar-refractivity contribution in [3.8, 4) is 0 Å². The van der Waals surface area contributed by atoms with E-state index in [-0.39, 0.29) is 11.2 Å². The summed E-state index contributed by atoms with van der Waals surface area (Å²) >= 11 is 12.4. The lowest BCUT2D eigenvalue weighted by molar-refractivity contribution is -0.117. The van der Waals surface area contributed by atoms with Crippen molar-refractivity contribution in [3.05, 3.63) is 81.5 Å². The SMILES string of the molecule is CC1(C)CC(=O)C2=C(C1)c1c(ccc3ccccc13)CN2c1ccc(Cl)c(Cl)c1. The van der Waals surface area contributed by atoms with Gasteiger partial charge in [-0.2, -0.15) is 0 Å². The maximum atomic E-state index is 13.4. The molecule has 0 saturated heterocycles. The Morgan fingerprint density at radius 3 is 2.52 bits per heavy atom. The number of Topliss-reactive ketones (excluding diaryl/α,β-unsaturated/α-hetero) is 1. The molecule has 0 atom stereocenters. The van der Waals surface area contributed by atoms with Crippen molar-refractivity contribution in [3.63, 3.8) is 0 Å². The van der Waals surface area contributed by atoms with Crippen LogP contribution in [0.4, 0.5) is 5.69 Å². The van der Waals surface area contributed by atoms with Gasteiger partial charge >= 0.3 is 0 Å². The molecule has 146 valence electrons. The van der Waals surface area contributed by atoms with Crippen LogP contribution in [0, 0.1) is 5.41 Å². The fourth-order valence-electron chi connectivity index (χ4n) is 4.76. The number of hydrogen-bond acceptors (Lipinski definition) is 2. The van der Waals surface area contributed by atoms with Crippen molar-refractivity contribution in [2.45, 2.75) is 33.2 Å². The lowest BCUT2D eigenvalue weighted by Gasteiger charge is -2.41. The van der Waals surface area contributed by atoms with Crippen LogP contribution >= 0.6 is 23.2 Å². The van der Waals surface area contributed by atoms with E-state index in [4.69, 9.17) is 23.2 Å². The van der Waals surface area contributed by atoms with E-state index < -0.39 is 0 Å². The fourth-order valence-corrected chi connectivity index (χ4v) is 5.05. The minimum atomic E-state index is -0.0647. The molecule has 0 aromatic heterocycles. The quantitative estimate of drug-likeness (QED) is 0.411. The van der Waals surface area contributed by atoms with Crippen LogP contribution in [-0.2, 0) is 11.3 Å². The molecule has 3 aromatic rings. The molecule has 0 radical (unpaired) electrons. The summed E-state index contributed by atoms with van der Waals surface area (Å²) in [5.74, 6) is 0.195. The Hall–Kier alpha value is -2.29. The van der Waals surface area contributed by atoms with Gasteiger partial charge in [0.2, 0.25) is 0 Å². The van der Waals surface area contributed by atoms with Crippen LogP contribution in [0.15, 0.2) is 60.3 Å². The molecule has 4 heteroatoms. The zero-order valence-corrected chi connectivity index (χ0v) is 17.9. The highest BCUT2D eigenvalue weighted by Gasteiger charge is 2.39. The summed E-state index contributed by atoms with van der Waals surface area (Å²) in [7, 11) is 0. The van der Waals surface area contributed by atoms with Gasteiger partial charge in [-0.25, -0.2) is 0 Å². The summed E-state index contributed by atoms with van der Waals surface area (Å²) in [4.78, 5) is 15.5. The van der Waals surface area contributed by atoms with E-state index in [1.165, 1.54) is 21.9 Å². The minimum Gasteiger partial charge on any atom is -0.334 e. The van der Waals surface area contributed by atoms with Crippen molar-refractivity contribution in [2.75, 3.05) is 4.90 Å². The predicted molar refractivity (Wildman–Crippen MR) is 122 cm³/mol. The zero-order valence-electron chi connectivity index (χ0n) is 16.4. The summed E-state index contributed by atoms with van der Waals surface area (Å²) in [6.07, 6.45) is 1.41. The molecule has 0 spiro atoms. The highest BCUT2D eigenvalue weighted by Crippen LogP contribution is 2.49. The van der Waals surface area contributed by atoms with Crippen molar-refractivity contribution >= 4 is 51.0 Å². The molecule has 0 fully saturated rings. The maximum absolute atomic E-state index is 13.4. The number of hydrogen-bond donors (Lipinski definition) is 0. The lowest BCUT2D eigenvalue weighted by Crippen LogP contribution is -2.38. The Bertz CT molecular complexity index is 1210. The Labute approximate surface area is 180 Å². The fraction of sp³-hybridized carbons (Fsp3) is 0.240. The van der Waals surface area contributed by atoms with E-state index in [1.807, 2.05) is 12.1 Å². The molecule has 0 saturated carbocycles. The number of benzene rings is 3. The van der Waals surface area contributed by atoms with Crippen LogP contribution in [0.5, 0.6) is 0 Å². The number of rotatable bonds is 1. The number of ketones is 1. The summed E-state index contributed by atoms with van der Waals surface area (Å²) in [6.45, 7) is 5.00. The third-order valence-electron chi connectivity index (χ3n) is 5.97. The van der Waals surface area contributed by atoms with Crippen LogP contribution in [0.25, 0.3) is 16.3 Å². The first-order valence-electron chi connectivity index (χ1n) is 9.84. The number of carbonyl (C=O) groups excluding carboxylic acids is 1. The van der Waals surface area contributed by atoms with E-state index in [1.54, 1.807) is 6.07 Å². The number of anilines is 1. The number of halogens is 2. The van der Waals surface area contributed by atoms with Gasteiger partial charge < -0.3 is 4.90 Å². The van der Waals surface area contributed by atoms with E-state index >= 15 is 0 Å². The Balaban J connectivity index is 1.80. The Kier molecular flexibility index (Phi) is 4.27. The molecule has 1 heterocycles. The van der Waals surface area contributed by atoms with E-state index in [0.717, 1.165) is 23.4 Å². The maximum Gasteiger partial charge on any atom is 0.180 e. The molecule has 0 amide bonds. The third kappa shape index (κ3) is 3.06. The van der Waals surface area contributed by atoms with Crippen LogP contribution in [-0.4, -0.2) is 5.78 Å². The van der Waals surface area contributed by atoms with Gasteiger partial charge in [0.25, 0.3) is 0 Å². The summed E-state index contributed by atoms with van der Waals surface area (Å²) in [5.41, 5.74) is 5.26. The molecular formula is C25H21Cl2NO. The molecule has 29 heavy (non-hydrogen) atoms. The first kappa shape index (κ1) is 18.7. The molecule has 0 bridgehead atoms. The van der Waals surface area contributed by atoms with E-state index in [0.29, 0.717) is 23.0 Å². The van der Waals surface area contributed by atoms with Crippen LogP contribution in [0.1, 0.15) is 37.8 Å². The number of carbonyl (C=O) groups is 1. The topological polar surface area (TPSA) is 20.3 Å². The molecule has 2 nitrogen and oxygen atoms in total. The molecule has 5 rings (SSSR count). The molecule has 1 aliphatic heterocycles. The molecular weight excluding hydrogens is 401 g/mol. The first-order valence-corrected chi connectivity index (χ1v) is 10.6. The van der Waals surface area contributed by atoms with Crippen molar-refractivity contribution < 1.29 is 4.79 Å². The average Bonchev–Trinajstić information content (AvgIpc) is 2.68. The van der Waals surface area contributed by atoms with Gasteiger partial charge in [-0.1, -0.05) is 73.4 Å². The lowest BCUT2D eigenvalue weighted by atomic mass is 9.71. The molecule has 3 aromatic carbocycles.